The molecule has 2 heterocycles. The molecule has 4 rings (SSSR count). The van der Waals surface area contributed by atoms with Crippen LogP contribution in [-0.2, 0) is 26.6 Å². The van der Waals surface area contributed by atoms with Crippen LogP contribution in [0.5, 0.6) is 5.75 Å². The van der Waals surface area contributed by atoms with Crippen LogP contribution in [0.15, 0.2) is 42.5 Å². The van der Waals surface area contributed by atoms with E-state index < -0.39 is 5.79 Å². The number of carbonyl (C=O) groups excluding carboxylic acids is 1. The van der Waals surface area contributed by atoms with Crippen LogP contribution in [0.1, 0.15) is 25.0 Å². The second-order valence-corrected chi connectivity index (χ2v) is 7.02. The van der Waals surface area contributed by atoms with E-state index in [1.54, 1.807) is 17.0 Å². The van der Waals surface area contributed by atoms with Gasteiger partial charge in [0.15, 0.2) is 0 Å². The molecule has 5 nitrogen and oxygen atoms in total. The largest absolute Gasteiger partial charge is 0.491 e. The lowest BCUT2D eigenvalue weighted by Gasteiger charge is -2.23. The number of para-hydroxylation sites is 2. The van der Waals surface area contributed by atoms with Crippen molar-refractivity contribution in [3.05, 3.63) is 58.6 Å². The Bertz CT molecular complexity index is 845. The van der Waals surface area contributed by atoms with Gasteiger partial charge in [0.1, 0.15) is 5.75 Å². The number of fused-ring (bicyclic) bond motifs is 2. The van der Waals surface area contributed by atoms with Crippen LogP contribution in [0.4, 0.5) is 5.69 Å². The molecule has 0 bridgehead atoms. The molecule has 1 amide bonds. The standard InChI is InChI=1S/C20H20ClNO4/c1-13(2)26-17-9-4-3-6-14(17)12-22-18-15(7-5-8-16(18)21)20(19(22)23)24-10-11-25-20/h3-9,13H,10-12H2,1-2H3. The van der Waals surface area contributed by atoms with Crippen LogP contribution in [-0.4, -0.2) is 25.2 Å². The van der Waals surface area contributed by atoms with E-state index in [1.807, 2.05) is 44.2 Å². The zero-order chi connectivity index (χ0) is 18.3. The highest BCUT2D eigenvalue weighted by molar-refractivity contribution is 6.35. The molecule has 0 aromatic heterocycles. The third kappa shape index (κ3) is 2.67. The molecule has 26 heavy (non-hydrogen) atoms. The summed E-state index contributed by atoms with van der Waals surface area (Å²) in [5.41, 5.74) is 2.20. The van der Waals surface area contributed by atoms with Gasteiger partial charge in [-0.1, -0.05) is 41.9 Å². The maximum Gasteiger partial charge on any atom is 0.292 e. The van der Waals surface area contributed by atoms with Gasteiger partial charge in [-0.2, -0.15) is 0 Å². The number of amides is 1. The first-order chi connectivity index (χ1) is 12.5. The maximum absolute atomic E-state index is 13.3. The molecule has 0 atom stereocenters. The highest BCUT2D eigenvalue weighted by atomic mass is 35.5. The summed E-state index contributed by atoms with van der Waals surface area (Å²) in [6.07, 6.45) is 0.0362. The average Bonchev–Trinajstić information content (AvgIpc) is 3.18. The molecule has 1 saturated heterocycles. The Morgan fingerprint density at radius 2 is 1.88 bits per heavy atom. The van der Waals surface area contributed by atoms with Crippen LogP contribution in [0.2, 0.25) is 5.02 Å². The normalized spacial score (nSPS) is 18.0. The van der Waals surface area contributed by atoms with Crippen LogP contribution in [0.25, 0.3) is 0 Å². The van der Waals surface area contributed by atoms with Crippen molar-refractivity contribution in [2.24, 2.45) is 0 Å². The van der Waals surface area contributed by atoms with E-state index in [1.165, 1.54) is 0 Å². The van der Waals surface area contributed by atoms with Gasteiger partial charge in [0.25, 0.3) is 11.7 Å². The van der Waals surface area contributed by atoms with Gasteiger partial charge in [-0.15, -0.1) is 0 Å². The molecule has 2 aliphatic rings. The van der Waals surface area contributed by atoms with Crippen LogP contribution in [0.3, 0.4) is 0 Å². The first-order valence-corrected chi connectivity index (χ1v) is 9.04. The van der Waals surface area contributed by atoms with Gasteiger partial charge in [0.2, 0.25) is 0 Å². The van der Waals surface area contributed by atoms with E-state index in [0.717, 1.165) is 11.3 Å². The van der Waals surface area contributed by atoms with Crippen molar-refractivity contribution in [3.63, 3.8) is 0 Å². The predicted molar refractivity (Wildman–Crippen MR) is 98.4 cm³/mol. The molecular formula is C20H20ClNO4. The number of rotatable bonds is 4. The van der Waals surface area contributed by atoms with Crippen molar-refractivity contribution in [2.45, 2.75) is 32.3 Å². The second-order valence-electron chi connectivity index (χ2n) is 6.62. The Balaban J connectivity index is 1.76. The molecule has 1 spiro atoms. The van der Waals surface area contributed by atoms with Gasteiger partial charge >= 0.3 is 0 Å². The Morgan fingerprint density at radius 3 is 2.62 bits per heavy atom. The smallest absolute Gasteiger partial charge is 0.292 e. The summed E-state index contributed by atoms with van der Waals surface area (Å²) in [5.74, 6) is -0.885. The van der Waals surface area contributed by atoms with Gasteiger partial charge in [-0.05, 0) is 26.0 Å². The van der Waals surface area contributed by atoms with Gasteiger partial charge in [0.05, 0.1) is 36.6 Å². The maximum atomic E-state index is 13.3. The number of anilines is 1. The Morgan fingerprint density at radius 1 is 1.15 bits per heavy atom. The Labute approximate surface area is 157 Å². The molecule has 6 heteroatoms. The summed E-state index contributed by atoms with van der Waals surface area (Å²) in [6, 6.07) is 13.1. The average molecular weight is 374 g/mol. The molecule has 2 aromatic carbocycles. The topological polar surface area (TPSA) is 48.0 Å². The van der Waals surface area contributed by atoms with Gasteiger partial charge in [-0.3, -0.25) is 4.79 Å². The zero-order valence-electron chi connectivity index (χ0n) is 14.7. The minimum atomic E-state index is -1.38. The number of carbonyl (C=O) groups is 1. The molecule has 0 saturated carbocycles. The predicted octanol–water partition coefficient (Wildman–Crippen LogP) is 3.87. The number of halogens is 1. The minimum Gasteiger partial charge on any atom is -0.491 e. The Hall–Kier alpha value is -2.08. The molecule has 136 valence electrons. The van der Waals surface area contributed by atoms with Gasteiger partial charge < -0.3 is 19.1 Å². The summed E-state index contributed by atoms with van der Waals surface area (Å²) in [7, 11) is 0. The number of nitrogens with zero attached hydrogens (tertiary/aromatic N) is 1. The number of ether oxygens (including phenoxy) is 3. The van der Waals surface area contributed by atoms with Gasteiger partial charge in [-0.25, -0.2) is 0 Å². The molecule has 2 aliphatic heterocycles. The van der Waals surface area contributed by atoms with Crippen molar-refractivity contribution in [2.75, 3.05) is 18.1 Å². The summed E-state index contributed by atoms with van der Waals surface area (Å²) >= 11 is 6.45. The third-order valence-corrected chi connectivity index (χ3v) is 4.80. The fraction of sp³-hybridized carbons (Fsp3) is 0.350. The molecule has 0 aliphatic carbocycles. The zero-order valence-corrected chi connectivity index (χ0v) is 15.5. The van der Waals surface area contributed by atoms with Crippen LogP contribution >= 0.6 is 11.6 Å². The molecule has 1 fully saturated rings. The van der Waals surface area contributed by atoms with E-state index >= 15 is 0 Å². The van der Waals surface area contributed by atoms with E-state index in [9.17, 15) is 4.79 Å². The lowest BCUT2D eigenvalue weighted by atomic mass is 10.1. The minimum absolute atomic E-state index is 0.0362. The first-order valence-electron chi connectivity index (χ1n) is 8.66. The van der Waals surface area contributed by atoms with Gasteiger partial charge in [0, 0.05) is 11.1 Å². The molecule has 0 unspecified atom stereocenters. The SMILES string of the molecule is CC(C)Oc1ccccc1CN1C(=O)C2(OCCO2)c2cccc(Cl)c21. The van der Waals surface area contributed by atoms with Crippen molar-refractivity contribution in [1.82, 2.24) is 0 Å². The fourth-order valence-electron chi connectivity index (χ4n) is 3.47. The quantitative estimate of drug-likeness (QED) is 0.816. The molecule has 0 radical (unpaired) electrons. The fourth-order valence-corrected chi connectivity index (χ4v) is 3.74. The first kappa shape index (κ1) is 17.3. The second kappa shape index (κ2) is 6.58. The number of hydrogen-bond donors (Lipinski definition) is 0. The van der Waals surface area contributed by atoms with Crippen LogP contribution in [0, 0.1) is 0 Å². The van der Waals surface area contributed by atoms with E-state index in [2.05, 4.69) is 0 Å². The van der Waals surface area contributed by atoms with E-state index in [-0.39, 0.29) is 12.0 Å². The summed E-state index contributed by atoms with van der Waals surface area (Å²) in [4.78, 5) is 14.9. The number of benzene rings is 2. The number of hydrogen-bond acceptors (Lipinski definition) is 4. The van der Waals surface area contributed by atoms with Crippen molar-refractivity contribution in [1.29, 1.82) is 0 Å². The molecule has 2 aromatic rings. The summed E-state index contributed by atoms with van der Waals surface area (Å²) < 4.78 is 17.4. The molecule has 0 N–H and O–H groups in total. The monoisotopic (exact) mass is 373 g/mol. The van der Waals surface area contributed by atoms with E-state index in [0.29, 0.717) is 36.0 Å². The van der Waals surface area contributed by atoms with Crippen molar-refractivity contribution >= 4 is 23.2 Å². The highest BCUT2D eigenvalue weighted by Gasteiger charge is 2.56. The van der Waals surface area contributed by atoms with Crippen molar-refractivity contribution in [3.8, 4) is 5.75 Å². The lowest BCUT2D eigenvalue weighted by Crippen LogP contribution is -2.41. The highest BCUT2D eigenvalue weighted by Crippen LogP contribution is 2.49. The summed E-state index contributed by atoms with van der Waals surface area (Å²) in [5, 5.41) is 0.495. The Kier molecular flexibility index (Phi) is 4.39. The van der Waals surface area contributed by atoms with Crippen LogP contribution < -0.4 is 9.64 Å². The summed E-state index contributed by atoms with van der Waals surface area (Å²) in [6.45, 7) is 5.02. The third-order valence-electron chi connectivity index (χ3n) is 4.50. The van der Waals surface area contributed by atoms with Crippen molar-refractivity contribution < 1.29 is 19.0 Å². The molecular weight excluding hydrogens is 354 g/mol. The lowest BCUT2D eigenvalue weighted by molar-refractivity contribution is -0.180. The van der Waals surface area contributed by atoms with E-state index in [4.69, 9.17) is 25.8 Å².